The highest BCUT2D eigenvalue weighted by atomic mass is 32.2. The molecule has 2 aromatic heterocycles. The normalized spacial score (nSPS) is 12.3. The standard InChI is InChI=1S/C21H28N6OS3/c1-6-16(19(28)22-20-25-24-18(31-20)11-13(2)3)30-21-26-23-17(27(21)5)12-29-15-9-7-14(4)8-10-15/h7-10,13,16H,6,11-12H2,1-5H3,(H,22,25,28). The van der Waals surface area contributed by atoms with Crippen LogP contribution in [0.15, 0.2) is 34.3 Å². The number of aromatic nitrogens is 5. The number of rotatable bonds is 10. The summed E-state index contributed by atoms with van der Waals surface area (Å²) in [7, 11) is 1.95. The summed E-state index contributed by atoms with van der Waals surface area (Å²) in [6, 6.07) is 8.44. The molecule has 31 heavy (non-hydrogen) atoms. The van der Waals surface area contributed by atoms with Crippen LogP contribution in [0.3, 0.4) is 0 Å². The molecule has 0 radical (unpaired) electrons. The molecule has 1 unspecified atom stereocenters. The highest BCUT2D eigenvalue weighted by molar-refractivity contribution is 8.00. The predicted octanol–water partition coefficient (Wildman–Crippen LogP) is 4.98. The monoisotopic (exact) mass is 476 g/mol. The van der Waals surface area contributed by atoms with Gasteiger partial charge in [0.05, 0.1) is 11.0 Å². The van der Waals surface area contributed by atoms with E-state index in [4.69, 9.17) is 0 Å². The van der Waals surface area contributed by atoms with Crippen molar-refractivity contribution in [3.05, 3.63) is 40.7 Å². The van der Waals surface area contributed by atoms with Crippen molar-refractivity contribution in [2.75, 3.05) is 5.32 Å². The van der Waals surface area contributed by atoms with Crippen LogP contribution in [0.25, 0.3) is 0 Å². The number of hydrogen-bond acceptors (Lipinski definition) is 8. The van der Waals surface area contributed by atoms with Crippen LogP contribution in [-0.2, 0) is 24.0 Å². The Labute approximate surface area is 195 Å². The van der Waals surface area contributed by atoms with E-state index < -0.39 is 0 Å². The van der Waals surface area contributed by atoms with Gasteiger partial charge < -0.3 is 4.57 Å². The maximum atomic E-state index is 12.8. The Balaban J connectivity index is 1.58. The van der Waals surface area contributed by atoms with Crippen molar-refractivity contribution in [1.29, 1.82) is 0 Å². The van der Waals surface area contributed by atoms with E-state index in [0.29, 0.717) is 17.5 Å². The van der Waals surface area contributed by atoms with Crippen LogP contribution in [0.1, 0.15) is 43.6 Å². The van der Waals surface area contributed by atoms with Crippen LogP contribution >= 0.6 is 34.9 Å². The smallest absolute Gasteiger partial charge is 0.239 e. The van der Waals surface area contributed by atoms with E-state index in [1.807, 2.05) is 18.5 Å². The third-order valence-corrected chi connectivity index (χ3v) is 7.77. The number of thioether (sulfide) groups is 2. The summed E-state index contributed by atoms with van der Waals surface area (Å²) in [5, 5.41) is 21.8. The van der Waals surface area contributed by atoms with Crippen LogP contribution in [0.4, 0.5) is 5.13 Å². The molecule has 1 atom stereocenters. The molecule has 166 valence electrons. The number of hydrogen-bond donors (Lipinski definition) is 1. The highest BCUT2D eigenvalue weighted by Gasteiger charge is 2.23. The van der Waals surface area contributed by atoms with Gasteiger partial charge in [-0.05, 0) is 31.4 Å². The van der Waals surface area contributed by atoms with Gasteiger partial charge in [0.25, 0.3) is 0 Å². The van der Waals surface area contributed by atoms with Gasteiger partial charge in [0.2, 0.25) is 11.0 Å². The van der Waals surface area contributed by atoms with Gasteiger partial charge in [0.1, 0.15) is 10.8 Å². The van der Waals surface area contributed by atoms with Crippen molar-refractivity contribution in [3.8, 4) is 0 Å². The number of carbonyl (C=O) groups is 1. The van der Waals surface area contributed by atoms with E-state index in [1.54, 1.807) is 11.8 Å². The number of benzene rings is 1. The molecule has 1 amide bonds. The molecule has 1 N–H and O–H groups in total. The second-order valence-corrected chi connectivity index (χ2v) is 10.9. The van der Waals surface area contributed by atoms with Gasteiger partial charge in [0, 0.05) is 18.4 Å². The largest absolute Gasteiger partial charge is 0.308 e. The van der Waals surface area contributed by atoms with E-state index >= 15 is 0 Å². The molecule has 7 nitrogen and oxygen atoms in total. The molecular weight excluding hydrogens is 448 g/mol. The van der Waals surface area contributed by atoms with Crippen molar-refractivity contribution in [2.24, 2.45) is 13.0 Å². The summed E-state index contributed by atoms with van der Waals surface area (Å²) < 4.78 is 1.97. The van der Waals surface area contributed by atoms with E-state index in [1.165, 1.54) is 33.6 Å². The quantitative estimate of drug-likeness (QED) is 0.413. The minimum Gasteiger partial charge on any atom is -0.308 e. The Kier molecular flexibility index (Phi) is 8.50. The van der Waals surface area contributed by atoms with Crippen molar-refractivity contribution in [2.45, 2.75) is 61.6 Å². The first-order valence-corrected chi connectivity index (χ1v) is 12.9. The van der Waals surface area contributed by atoms with Crippen molar-refractivity contribution < 1.29 is 4.79 Å². The molecule has 10 heteroatoms. The summed E-state index contributed by atoms with van der Waals surface area (Å²) in [5.41, 5.74) is 1.25. The van der Waals surface area contributed by atoms with E-state index in [2.05, 4.69) is 70.7 Å². The minimum atomic E-state index is -0.280. The fourth-order valence-electron chi connectivity index (χ4n) is 2.73. The average molecular weight is 477 g/mol. The topological polar surface area (TPSA) is 85.6 Å². The molecule has 0 saturated heterocycles. The zero-order valence-electron chi connectivity index (χ0n) is 18.5. The maximum absolute atomic E-state index is 12.8. The third kappa shape index (κ3) is 6.78. The molecule has 3 aromatic rings. The lowest BCUT2D eigenvalue weighted by Crippen LogP contribution is -2.25. The van der Waals surface area contributed by atoms with Gasteiger partial charge in [-0.2, -0.15) is 0 Å². The minimum absolute atomic E-state index is 0.0849. The van der Waals surface area contributed by atoms with Crippen LogP contribution in [0.2, 0.25) is 0 Å². The first-order valence-electron chi connectivity index (χ1n) is 10.2. The Morgan fingerprint density at radius 2 is 1.90 bits per heavy atom. The number of amides is 1. The van der Waals surface area contributed by atoms with E-state index in [0.717, 1.165) is 28.2 Å². The number of carbonyl (C=O) groups excluding carboxylic acids is 1. The van der Waals surface area contributed by atoms with Crippen LogP contribution in [-0.4, -0.2) is 36.1 Å². The first-order chi connectivity index (χ1) is 14.9. The lowest BCUT2D eigenvalue weighted by molar-refractivity contribution is -0.115. The first kappa shape index (κ1) is 23.7. The summed E-state index contributed by atoms with van der Waals surface area (Å²) in [6.45, 7) is 8.35. The molecule has 0 bridgehead atoms. The van der Waals surface area contributed by atoms with Gasteiger partial charge in [-0.25, -0.2) is 0 Å². The fourth-order valence-corrected chi connectivity index (χ4v) is 5.50. The highest BCUT2D eigenvalue weighted by Crippen LogP contribution is 2.28. The summed E-state index contributed by atoms with van der Waals surface area (Å²) >= 11 is 4.59. The molecule has 1 aromatic carbocycles. The molecule has 2 heterocycles. The Morgan fingerprint density at radius 1 is 1.16 bits per heavy atom. The van der Waals surface area contributed by atoms with Crippen molar-refractivity contribution in [3.63, 3.8) is 0 Å². The van der Waals surface area contributed by atoms with Gasteiger partial charge in [-0.1, -0.05) is 61.6 Å². The molecule has 0 spiro atoms. The van der Waals surface area contributed by atoms with Crippen molar-refractivity contribution in [1.82, 2.24) is 25.0 Å². The summed E-state index contributed by atoms with van der Waals surface area (Å²) in [4.78, 5) is 14.0. The second-order valence-electron chi connectivity index (χ2n) is 7.66. The van der Waals surface area contributed by atoms with Gasteiger partial charge in [-0.3, -0.25) is 10.1 Å². The molecule has 0 aliphatic carbocycles. The fraction of sp³-hybridized carbons (Fsp3) is 0.476. The van der Waals surface area contributed by atoms with Gasteiger partial charge >= 0.3 is 0 Å². The van der Waals surface area contributed by atoms with Crippen LogP contribution in [0.5, 0.6) is 0 Å². The zero-order chi connectivity index (χ0) is 22.4. The summed E-state index contributed by atoms with van der Waals surface area (Å²) in [5.74, 6) is 2.02. The average Bonchev–Trinajstić information content (AvgIpc) is 3.31. The number of nitrogens with zero attached hydrogens (tertiary/aromatic N) is 5. The number of nitrogens with one attached hydrogen (secondary N) is 1. The SMILES string of the molecule is CCC(Sc1nnc(CSc2ccc(C)cc2)n1C)C(=O)Nc1nnc(CC(C)C)s1. The van der Waals surface area contributed by atoms with E-state index in [-0.39, 0.29) is 11.2 Å². The Hall–Kier alpha value is -1.91. The second kappa shape index (κ2) is 11.1. The molecule has 0 aliphatic rings. The molecular formula is C21H28N6OS3. The zero-order valence-corrected chi connectivity index (χ0v) is 20.9. The van der Waals surface area contributed by atoms with Crippen LogP contribution in [0, 0.1) is 12.8 Å². The molecule has 0 fully saturated rings. The lowest BCUT2D eigenvalue weighted by Gasteiger charge is -2.12. The Morgan fingerprint density at radius 3 is 2.58 bits per heavy atom. The summed E-state index contributed by atoms with van der Waals surface area (Å²) in [6.07, 6.45) is 1.54. The lowest BCUT2D eigenvalue weighted by atomic mass is 10.1. The Bertz CT molecular complexity index is 999. The van der Waals surface area contributed by atoms with E-state index in [9.17, 15) is 4.79 Å². The van der Waals surface area contributed by atoms with Gasteiger partial charge in [-0.15, -0.1) is 32.2 Å². The number of anilines is 1. The molecule has 0 saturated carbocycles. The number of aryl methyl sites for hydroxylation is 1. The maximum Gasteiger partial charge on any atom is 0.239 e. The van der Waals surface area contributed by atoms with Gasteiger partial charge in [0.15, 0.2) is 5.16 Å². The molecule has 3 rings (SSSR count). The predicted molar refractivity (Wildman–Crippen MR) is 129 cm³/mol. The molecule has 0 aliphatic heterocycles. The van der Waals surface area contributed by atoms with Crippen LogP contribution < -0.4 is 5.32 Å². The third-order valence-electron chi connectivity index (χ3n) is 4.50. The van der Waals surface area contributed by atoms with Crippen molar-refractivity contribution >= 4 is 45.9 Å².